The summed E-state index contributed by atoms with van der Waals surface area (Å²) in [4.78, 5) is 15.4. The first-order chi connectivity index (χ1) is 16.6. The molecule has 0 aliphatic carbocycles. The SMILES string of the molecule is COc1ccc(CCNC(=O)[C@H]2CN(C)C[C@H]2c2cccc(CNCc3ccccc3)c2)cc1. The van der Waals surface area contributed by atoms with Gasteiger partial charge in [-0.2, -0.15) is 0 Å². The number of rotatable bonds is 10. The van der Waals surface area contributed by atoms with Crippen LogP contribution in [0.3, 0.4) is 0 Å². The lowest BCUT2D eigenvalue weighted by atomic mass is 9.87. The fourth-order valence-electron chi connectivity index (χ4n) is 4.74. The molecule has 0 radical (unpaired) electrons. The molecule has 1 heterocycles. The lowest BCUT2D eigenvalue weighted by molar-refractivity contribution is -0.124. The maximum Gasteiger partial charge on any atom is 0.225 e. The fourth-order valence-corrected chi connectivity index (χ4v) is 4.74. The number of methoxy groups -OCH3 is 1. The van der Waals surface area contributed by atoms with E-state index in [0.717, 1.165) is 38.3 Å². The minimum atomic E-state index is -0.0339. The van der Waals surface area contributed by atoms with Crippen molar-refractivity contribution in [2.45, 2.75) is 25.4 Å². The minimum absolute atomic E-state index is 0.0339. The first-order valence-corrected chi connectivity index (χ1v) is 12.0. The van der Waals surface area contributed by atoms with Crippen LogP contribution in [0.1, 0.15) is 28.2 Å². The second-order valence-corrected chi connectivity index (χ2v) is 9.16. The van der Waals surface area contributed by atoms with E-state index in [1.54, 1.807) is 7.11 Å². The Labute approximate surface area is 203 Å². The van der Waals surface area contributed by atoms with Gasteiger partial charge in [0.1, 0.15) is 5.75 Å². The van der Waals surface area contributed by atoms with Crippen molar-refractivity contribution in [3.05, 3.63) is 101 Å². The third kappa shape index (κ3) is 6.46. The molecule has 5 heteroatoms. The van der Waals surface area contributed by atoms with Gasteiger partial charge in [-0.15, -0.1) is 0 Å². The Morgan fingerprint density at radius 2 is 1.65 bits per heavy atom. The van der Waals surface area contributed by atoms with Crippen LogP contribution in [0.4, 0.5) is 0 Å². The number of hydrogen-bond acceptors (Lipinski definition) is 4. The van der Waals surface area contributed by atoms with Crippen LogP contribution in [0, 0.1) is 5.92 Å². The Morgan fingerprint density at radius 3 is 2.41 bits per heavy atom. The van der Waals surface area contributed by atoms with Gasteiger partial charge in [-0.25, -0.2) is 0 Å². The number of carbonyl (C=O) groups is 1. The zero-order chi connectivity index (χ0) is 23.8. The van der Waals surface area contributed by atoms with Gasteiger partial charge in [-0.05, 0) is 47.9 Å². The van der Waals surface area contributed by atoms with Gasteiger partial charge in [0, 0.05) is 38.6 Å². The Hall–Kier alpha value is -3.15. The summed E-state index contributed by atoms with van der Waals surface area (Å²) in [5, 5.41) is 6.71. The second-order valence-electron chi connectivity index (χ2n) is 9.16. The van der Waals surface area contributed by atoms with Gasteiger partial charge in [-0.1, -0.05) is 66.7 Å². The molecule has 2 atom stereocenters. The standard InChI is InChI=1S/C29H35N3O2/c1-32-20-27(25-10-6-9-24(17-25)19-30-18-23-7-4-3-5-8-23)28(21-32)29(33)31-16-15-22-11-13-26(34-2)14-12-22/h3-14,17,27-28,30H,15-16,18-21H2,1-2H3,(H,31,33)/t27-,28-/m0/s1. The van der Waals surface area contributed by atoms with Crippen LogP contribution in [0.2, 0.25) is 0 Å². The van der Waals surface area contributed by atoms with Gasteiger partial charge < -0.3 is 20.3 Å². The zero-order valence-corrected chi connectivity index (χ0v) is 20.2. The van der Waals surface area contributed by atoms with Gasteiger partial charge in [0.25, 0.3) is 0 Å². The molecule has 0 unspecified atom stereocenters. The lowest BCUT2D eigenvalue weighted by Gasteiger charge is -2.19. The van der Waals surface area contributed by atoms with Crippen LogP contribution in [-0.4, -0.2) is 44.6 Å². The molecule has 3 aromatic rings. The highest BCUT2D eigenvalue weighted by molar-refractivity contribution is 5.80. The van der Waals surface area contributed by atoms with E-state index >= 15 is 0 Å². The molecule has 0 bridgehead atoms. The number of nitrogens with one attached hydrogen (secondary N) is 2. The van der Waals surface area contributed by atoms with Crippen molar-refractivity contribution in [1.82, 2.24) is 15.5 Å². The van der Waals surface area contributed by atoms with E-state index < -0.39 is 0 Å². The predicted molar refractivity (Wildman–Crippen MR) is 137 cm³/mol. The normalized spacial score (nSPS) is 18.1. The Bertz CT molecular complexity index is 1050. The van der Waals surface area contributed by atoms with E-state index in [2.05, 4.69) is 83.2 Å². The molecule has 0 spiro atoms. The number of carbonyl (C=O) groups excluding carboxylic acids is 1. The molecule has 178 valence electrons. The summed E-state index contributed by atoms with van der Waals surface area (Å²) in [6, 6.07) is 27.2. The van der Waals surface area contributed by atoms with Gasteiger partial charge >= 0.3 is 0 Å². The van der Waals surface area contributed by atoms with E-state index in [9.17, 15) is 4.79 Å². The van der Waals surface area contributed by atoms with E-state index in [0.29, 0.717) is 6.54 Å². The largest absolute Gasteiger partial charge is 0.497 e. The Morgan fingerprint density at radius 1 is 0.912 bits per heavy atom. The summed E-state index contributed by atoms with van der Waals surface area (Å²) in [5.41, 5.74) is 4.97. The highest BCUT2D eigenvalue weighted by Gasteiger charge is 2.36. The molecule has 4 rings (SSSR count). The van der Waals surface area contributed by atoms with Crippen LogP contribution in [0.25, 0.3) is 0 Å². The van der Waals surface area contributed by atoms with Gasteiger partial charge in [0.05, 0.1) is 13.0 Å². The molecule has 1 aliphatic heterocycles. The molecule has 2 N–H and O–H groups in total. The van der Waals surface area contributed by atoms with Crippen molar-refractivity contribution >= 4 is 5.91 Å². The topological polar surface area (TPSA) is 53.6 Å². The quantitative estimate of drug-likeness (QED) is 0.483. The van der Waals surface area contributed by atoms with Crippen LogP contribution >= 0.6 is 0 Å². The Balaban J connectivity index is 1.32. The summed E-state index contributed by atoms with van der Waals surface area (Å²) in [6.07, 6.45) is 0.811. The van der Waals surface area contributed by atoms with Crippen LogP contribution in [-0.2, 0) is 24.3 Å². The smallest absolute Gasteiger partial charge is 0.225 e. The van der Waals surface area contributed by atoms with Crippen molar-refractivity contribution in [2.24, 2.45) is 5.92 Å². The highest BCUT2D eigenvalue weighted by Crippen LogP contribution is 2.32. The predicted octanol–water partition coefficient (Wildman–Crippen LogP) is 3.99. The van der Waals surface area contributed by atoms with E-state index in [1.807, 2.05) is 18.2 Å². The van der Waals surface area contributed by atoms with Crippen LogP contribution < -0.4 is 15.4 Å². The number of ether oxygens (including phenoxy) is 1. The molecule has 1 fully saturated rings. The van der Waals surface area contributed by atoms with Crippen molar-refractivity contribution in [1.29, 1.82) is 0 Å². The summed E-state index contributed by atoms with van der Waals surface area (Å²) < 4.78 is 5.22. The lowest BCUT2D eigenvalue weighted by Crippen LogP contribution is -2.35. The number of likely N-dealkylation sites (N-methyl/N-ethyl adjacent to an activating group) is 1. The van der Waals surface area contributed by atoms with Gasteiger partial charge in [0.15, 0.2) is 0 Å². The highest BCUT2D eigenvalue weighted by atomic mass is 16.5. The second kappa shape index (κ2) is 11.8. The molecule has 34 heavy (non-hydrogen) atoms. The average molecular weight is 458 g/mol. The van der Waals surface area contributed by atoms with E-state index in [1.165, 1.54) is 22.3 Å². The number of amides is 1. The van der Waals surface area contributed by atoms with E-state index in [4.69, 9.17) is 4.74 Å². The van der Waals surface area contributed by atoms with Crippen molar-refractivity contribution < 1.29 is 9.53 Å². The molecule has 0 aromatic heterocycles. The fraction of sp³-hybridized carbons (Fsp3) is 0.345. The van der Waals surface area contributed by atoms with Crippen molar-refractivity contribution in [3.8, 4) is 5.75 Å². The molecule has 1 saturated heterocycles. The number of likely N-dealkylation sites (tertiary alicyclic amines) is 1. The molecule has 3 aromatic carbocycles. The summed E-state index contributed by atoms with van der Waals surface area (Å²) in [5.74, 6) is 1.17. The summed E-state index contributed by atoms with van der Waals surface area (Å²) in [7, 11) is 3.77. The molecule has 1 amide bonds. The third-order valence-corrected chi connectivity index (χ3v) is 6.59. The number of hydrogen-bond donors (Lipinski definition) is 2. The molecular weight excluding hydrogens is 422 g/mol. The number of nitrogens with zero attached hydrogens (tertiary/aromatic N) is 1. The Kier molecular flexibility index (Phi) is 8.34. The summed E-state index contributed by atoms with van der Waals surface area (Å²) >= 11 is 0. The first kappa shape index (κ1) is 24.0. The number of benzene rings is 3. The van der Waals surface area contributed by atoms with Crippen LogP contribution in [0.5, 0.6) is 5.75 Å². The first-order valence-electron chi connectivity index (χ1n) is 12.0. The molecule has 1 aliphatic rings. The monoisotopic (exact) mass is 457 g/mol. The third-order valence-electron chi connectivity index (χ3n) is 6.59. The van der Waals surface area contributed by atoms with Crippen molar-refractivity contribution in [2.75, 3.05) is 33.8 Å². The van der Waals surface area contributed by atoms with Crippen LogP contribution in [0.15, 0.2) is 78.9 Å². The maximum absolute atomic E-state index is 13.1. The molecule has 5 nitrogen and oxygen atoms in total. The van der Waals surface area contributed by atoms with Gasteiger partial charge in [-0.3, -0.25) is 4.79 Å². The van der Waals surface area contributed by atoms with Crippen molar-refractivity contribution in [3.63, 3.8) is 0 Å². The molecule has 0 saturated carbocycles. The average Bonchev–Trinajstić information content (AvgIpc) is 3.27. The molecular formula is C29H35N3O2. The zero-order valence-electron chi connectivity index (χ0n) is 20.2. The minimum Gasteiger partial charge on any atom is -0.497 e. The maximum atomic E-state index is 13.1. The van der Waals surface area contributed by atoms with E-state index in [-0.39, 0.29) is 17.7 Å². The summed E-state index contributed by atoms with van der Waals surface area (Å²) in [6.45, 7) is 3.98. The van der Waals surface area contributed by atoms with Gasteiger partial charge in [0.2, 0.25) is 5.91 Å².